The minimum Gasteiger partial charge on any atom is -0.325 e. The molecule has 31 heavy (non-hydrogen) atoms. The maximum absolute atomic E-state index is 13.5. The molecule has 3 aromatic rings. The summed E-state index contributed by atoms with van der Waals surface area (Å²) < 4.78 is 44.2. The van der Waals surface area contributed by atoms with Crippen molar-refractivity contribution < 1.29 is 17.6 Å². The maximum Gasteiger partial charge on any atom is 0.280 e. The molecule has 1 amide bonds. The van der Waals surface area contributed by atoms with Gasteiger partial charge in [0.25, 0.3) is 10.2 Å². The molecule has 1 aliphatic heterocycles. The Morgan fingerprint density at radius 2 is 2.10 bits per heavy atom. The quantitative estimate of drug-likeness (QED) is 0.615. The molecule has 4 rings (SSSR count). The first-order valence-electron chi connectivity index (χ1n) is 9.41. The highest BCUT2D eigenvalue weighted by atomic mass is 32.2. The van der Waals surface area contributed by atoms with Crippen molar-refractivity contribution in [2.24, 2.45) is 7.05 Å². The number of amides is 1. The van der Waals surface area contributed by atoms with Gasteiger partial charge in [-0.3, -0.25) is 4.79 Å². The van der Waals surface area contributed by atoms with Gasteiger partial charge in [-0.2, -0.15) is 22.5 Å². The van der Waals surface area contributed by atoms with Crippen molar-refractivity contribution >= 4 is 33.1 Å². The number of thiophene rings is 1. The first kappa shape index (κ1) is 21.6. The molecule has 1 aliphatic rings. The van der Waals surface area contributed by atoms with Crippen LogP contribution in [0.3, 0.4) is 0 Å². The molecule has 0 bridgehead atoms. The first-order chi connectivity index (χ1) is 14.7. The monoisotopic (exact) mass is 464 g/mol. The molecule has 2 atom stereocenters. The first-order valence-corrected chi connectivity index (χ1v) is 11.7. The van der Waals surface area contributed by atoms with Crippen molar-refractivity contribution in [3.8, 4) is 11.4 Å². The van der Waals surface area contributed by atoms with E-state index in [-0.39, 0.29) is 12.2 Å². The Morgan fingerprint density at radius 3 is 2.77 bits per heavy atom. The molecule has 1 fully saturated rings. The predicted molar refractivity (Wildman–Crippen MR) is 115 cm³/mol. The second-order valence-corrected chi connectivity index (χ2v) is 10.0. The van der Waals surface area contributed by atoms with Crippen LogP contribution in [-0.4, -0.2) is 46.5 Å². The Labute approximate surface area is 183 Å². The number of anilines is 1. The summed E-state index contributed by atoms with van der Waals surface area (Å²) in [5.74, 6) is -0.191. The highest BCUT2D eigenvalue weighted by molar-refractivity contribution is 7.87. The van der Waals surface area contributed by atoms with Crippen molar-refractivity contribution in [3.05, 3.63) is 52.2 Å². The van der Waals surface area contributed by atoms with Gasteiger partial charge in [0.2, 0.25) is 5.91 Å². The number of aryl methyl sites for hydroxylation is 2. The summed E-state index contributed by atoms with van der Waals surface area (Å²) >= 11 is 1.39. The number of halogens is 1. The number of nitrogens with zero attached hydrogens (tertiary/aromatic N) is 4. The van der Waals surface area contributed by atoms with Crippen LogP contribution in [0.5, 0.6) is 0 Å². The zero-order valence-corrected chi connectivity index (χ0v) is 18.7. The second-order valence-electron chi connectivity index (χ2n) is 7.34. The Bertz CT molecular complexity index is 1240. The van der Waals surface area contributed by atoms with E-state index in [2.05, 4.69) is 20.1 Å². The normalized spacial score (nSPS) is 21.2. The van der Waals surface area contributed by atoms with Crippen LogP contribution in [0, 0.1) is 12.7 Å². The number of likely N-dealkylation sites (N-methyl/N-ethyl adjacent to an activating group) is 1. The molecule has 0 aliphatic carbocycles. The van der Waals surface area contributed by atoms with Crippen molar-refractivity contribution in [3.63, 3.8) is 0 Å². The fourth-order valence-electron chi connectivity index (χ4n) is 3.46. The van der Waals surface area contributed by atoms with Crippen molar-refractivity contribution in [2.75, 3.05) is 12.4 Å². The number of carbonyl (C=O) groups is 1. The van der Waals surface area contributed by atoms with Gasteiger partial charge in [-0.1, -0.05) is 0 Å². The van der Waals surface area contributed by atoms with Gasteiger partial charge in [0.05, 0.1) is 6.04 Å². The molecule has 1 aromatic carbocycles. The van der Waals surface area contributed by atoms with Gasteiger partial charge in [0.15, 0.2) is 5.82 Å². The highest BCUT2D eigenvalue weighted by Gasteiger charge is 2.41. The lowest BCUT2D eigenvalue weighted by atomic mass is 10.0. The molecule has 2 N–H and O–H groups in total. The molecule has 0 spiro atoms. The third-order valence-corrected chi connectivity index (χ3v) is 7.87. The van der Waals surface area contributed by atoms with Gasteiger partial charge in [0, 0.05) is 35.6 Å². The number of hydrogen-bond donors (Lipinski definition) is 2. The van der Waals surface area contributed by atoms with E-state index in [0.717, 1.165) is 14.7 Å². The summed E-state index contributed by atoms with van der Waals surface area (Å²) in [6.07, 6.45) is 1.68. The molecule has 0 unspecified atom stereocenters. The van der Waals surface area contributed by atoms with Gasteiger partial charge in [-0.05, 0) is 43.2 Å². The second kappa shape index (κ2) is 8.11. The SMILES string of the molecule is Cc1cc(NC(=O)[C@@H]2C[C@H](c3cc(-c4ncnn4C)cs3)NS(=O)(=O)N2C)ccc1F. The van der Waals surface area contributed by atoms with E-state index in [0.29, 0.717) is 17.1 Å². The predicted octanol–water partition coefficient (Wildman–Crippen LogP) is 2.21. The summed E-state index contributed by atoms with van der Waals surface area (Å²) in [4.78, 5) is 17.9. The van der Waals surface area contributed by atoms with Crippen LogP contribution in [-0.2, 0) is 22.1 Å². The summed E-state index contributed by atoms with van der Waals surface area (Å²) in [5.41, 5.74) is 1.61. The zero-order chi connectivity index (χ0) is 22.3. The number of aromatic nitrogens is 3. The molecule has 1 saturated heterocycles. The van der Waals surface area contributed by atoms with E-state index in [9.17, 15) is 17.6 Å². The van der Waals surface area contributed by atoms with Gasteiger partial charge in [-0.25, -0.2) is 14.1 Å². The van der Waals surface area contributed by atoms with Crippen LogP contribution >= 0.6 is 11.3 Å². The maximum atomic E-state index is 13.5. The van der Waals surface area contributed by atoms with Crippen LogP contribution in [0.15, 0.2) is 36.0 Å². The van der Waals surface area contributed by atoms with Crippen LogP contribution in [0.25, 0.3) is 11.4 Å². The smallest absolute Gasteiger partial charge is 0.280 e. The third-order valence-electron chi connectivity index (χ3n) is 5.23. The van der Waals surface area contributed by atoms with Crippen LogP contribution < -0.4 is 10.0 Å². The number of carbonyl (C=O) groups excluding carboxylic acids is 1. The molecule has 9 nitrogen and oxygen atoms in total. The van der Waals surface area contributed by atoms with Gasteiger partial charge in [-0.15, -0.1) is 11.3 Å². The summed E-state index contributed by atoms with van der Waals surface area (Å²) in [7, 11) is -0.744. The fourth-order valence-corrected chi connectivity index (χ4v) is 5.75. The zero-order valence-electron chi connectivity index (χ0n) is 17.0. The van der Waals surface area contributed by atoms with Crippen LogP contribution in [0.1, 0.15) is 22.9 Å². The Morgan fingerprint density at radius 1 is 1.32 bits per heavy atom. The largest absolute Gasteiger partial charge is 0.325 e. The fraction of sp³-hybridized carbons (Fsp3) is 0.316. The standard InChI is InChI=1S/C19H21FN6O3S2/c1-11-6-13(4-5-14(11)20)23-19(27)16-8-15(24-31(28,29)26(16)3)17-7-12(9-30-17)18-21-10-22-25(18)2/h4-7,9-10,15-16,24H,8H2,1-3H3,(H,23,27)/t15-,16+/m1/s1. The number of hydrogen-bond acceptors (Lipinski definition) is 6. The molecule has 164 valence electrons. The highest BCUT2D eigenvalue weighted by Crippen LogP contribution is 2.34. The van der Waals surface area contributed by atoms with Crippen LogP contribution in [0.2, 0.25) is 0 Å². The van der Waals surface area contributed by atoms with E-state index in [1.54, 1.807) is 18.7 Å². The lowest BCUT2D eigenvalue weighted by Gasteiger charge is -2.35. The third kappa shape index (κ3) is 4.24. The molecular formula is C19H21FN6O3S2. The topological polar surface area (TPSA) is 109 Å². The summed E-state index contributed by atoms with van der Waals surface area (Å²) in [6.45, 7) is 1.59. The molecule has 0 saturated carbocycles. The Hall–Kier alpha value is -2.67. The minimum absolute atomic E-state index is 0.237. The molecular weight excluding hydrogens is 443 g/mol. The summed E-state index contributed by atoms with van der Waals surface area (Å²) in [6, 6.07) is 4.56. The molecule has 2 aromatic heterocycles. The van der Waals surface area contributed by atoms with E-state index in [4.69, 9.17) is 0 Å². The molecule has 0 radical (unpaired) electrons. The number of benzene rings is 1. The lowest BCUT2D eigenvalue weighted by Crippen LogP contribution is -2.55. The van der Waals surface area contributed by atoms with Gasteiger partial charge >= 0.3 is 0 Å². The molecule has 12 heteroatoms. The van der Waals surface area contributed by atoms with Crippen molar-refractivity contribution in [1.29, 1.82) is 0 Å². The number of nitrogens with one attached hydrogen (secondary N) is 2. The van der Waals surface area contributed by atoms with E-state index in [1.807, 2.05) is 11.4 Å². The van der Waals surface area contributed by atoms with E-state index in [1.165, 1.54) is 42.9 Å². The minimum atomic E-state index is -3.88. The van der Waals surface area contributed by atoms with Crippen molar-refractivity contribution in [1.82, 2.24) is 23.8 Å². The average Bonchev–Trinajstić information content (AvgIpc) is 3.35. The van der Waals surface area contributed by atoms with E-state index >= 15 is 0 Å². The van der Waals surface area contributed by atoms with Gasteiger partial charge < -0.3 is 5.32 Å². The lowest BCUT2D eigenvalue weighted by molar-refractivity contribution is -0.120. The number of rotatable bonds is 4. The summed E-state index contributed by atoms with van der Waals surface area (Å²) in [5, 5.41) is 8.62. The molecule has 3 heterocycles. The van der Waals surface area contributed by atoms with E-state index < -0.39 is 28.2 Å². The Balaban J connectivity index is 1.58. The van der Waals surface area contributed by atoms with Crippen molar-refractivity contribution in [2.45, 2.75) is 25.4 Å². The van der Waals surface area contributed by atoms with Gasteiger partial charge in [0.1, 0.15) is 18.2 Å². The Kier molecular flexibility index (Phi) is 5.64. The van der Waals surface area contributed by atoms with Crippen LogP contribution in [0.4, 0.5) is 10.1 Å². The average molecular weight is 465 g/mol.